The summed E-state index contributed by atoms with van der Waals surface area (Å²) in [5.41, 5.74) is 3.38. The van der Waals surface area contributed by atoms with Crippen LogP contribution in [-0.2, 0) is 0 Å². The first-order valence-electron chi connectivity index (χ1n) is 9.24. The molecule has 0 radical (unpaired) electrons. The molecule has 0 saturated carbocycles. The molecule has 8 heteroatoms. The average Bonchev–Trinajstić information content (AvgIpc) is 2.80. The third kappa shape index (κ3) is 5.24. The highest BCUT2D eigenvalue weighted by molar-refractivity contribution is 6.09. The van der Waals surface area contributed by atoms with E-state index in [0.717, 1.165) is 0 Å². The maximum Gasteiger partial charge on any atom is 0.273 e. The lowest BCUT2D eigenvalue weighted by Gasteiger charge is -2.12. The van der Waals surface area contributed by atoms with Gasteiger partial charge in [0, 0.05) is 11.1 Å². The normalized spacial score (nSPS) is 10.5. The summed E-state index contributed by atoms with van der Waals surface area (Å²) in [5, 5.41) is 6.50. The minimum absolute atomic E-state index is 0.196. The summed E-state index contributed by atoms with van der Waals surface area (Å²) < 4.78 is 24.0. The van der Waals surface area contributed by atoms with E-state index in [1.807, 2.05) is 0 Å². The SMILES string of the molecule is COc1ccc(C(=O)Nc2ccccc2C(=O)NN=Cc2ccccc2F)cc1OC. The molecule has 0 heterocycles. The lowest BCUT2D eigenvalue weighted by molar-refractivity contribution is 0.0956. The molecule has 0 fully saturated rings. The van der Waals surface area contributed by atoms with Crippen LogP contribution in [0.1, 0.15) is 26.3 Å². The molecule has 2 amide bonds. The number of rotatable bonds is 7. The van der Waals surface area contributed by atoms with E-state index in [2.05, 4.69) is 15.8 Å². The predicted octanol–water partition coefficient (Wildman–Crippen LogP) is 3.86. The molecule has 3 aromatic carbocycles. The Balaban J connectivity index is 1.75. The Morgan fingerprint density at radius 1 is 0.903 bits per heavy atom. The third-order valence-corrected chi connectivity index (χ3v) is 4.34. The number of hydrazone groups is 1. The minimum atomic E-state index is -0.559. The maximum absolute atomic E-state index is 13.6. The van der Waals surface area contributed by atoms with E-state index in [4.69, 9.17) is 9.47 Å². The Hall–Kier alpha value is -4.20. The van der Waals surface area contributed by atoms with Crippen molar-refractivity contribution in [2.24, 2.45) is 5.10 Å². The summed E-state index contributed by atoms with van der Waals surface area (Å²) in [7, 11) is 2.97. The Morgan fingerprint density at radius 2 is 1.61 bits per heavy atom. The number of benzene rings is 3. The zero-order chi connectivity index (χ0) is 22.2. The smallest absolute Gasteiger partial charge is 0.273 e. The van der Waals surface area contributed by atoms with Crippen molar-refractivity contribution in [3.05, 3.63) is 89.2 Å². The van der Waals surface area contributed by atoms with Crippen LogP contribution in [0.25, 0.3) is 0 Å². The highest BCUT2D eigenvalue weighted by Gasteiger charge is 2.15. The molecule has 0 saturated heterocycles. The lowest BCUT2D eigenvalue weighted by atomic mass is 10.1. The van der Waals surface area contributed by atoms with Crippen molar-refractivity contribution < 1.29 is 23.5 Å². The van der Waals surface area contributed by atoms with E-state index in [9.17, 15) is 14.0 Å². The second-order valence-electron chi connectivity index (χ2n) is 6.29. The summed E-state index contributed by atoms with van der Waals surface area (Å²) in [6, 6.07) is 17.2. The first-order valence-corrected chi connectivity index (χ1v) is 9.24. The van der Waals surface area contributed by atoms with Gasteiger partial charge < -0.3 is 14.8 Å². The predicted molar refractivity (Wildman–Crippen MR) is 115 cm³/mol. The number of nitrogens with zero attached hydrogens (tertiary/aromatic N) is 1. The first kappa shape index (κ1) is 21.5. The molecular weight excluding hydrogens is 401 g/mol. The van der Waals surface area contributed by atoms with E-state index in [0.29, 0.717) is 22.7 Å². The summed E-state index contributed by atoms with van der Waals surface area (Å²) in [5.74, 6) is -0.551. The zero-order valence-corrected chi connectivity index (χ0v) is 16.9. The van der Waals surface area contributed by atoms with Crippen LogP contribution in [-0.4, -0.2) is 32.2 Å². The minimum Gasteiger partial charge on any atom is -0.493 e. The van der Waals surface area contributed by atoms with Crippen molar-refractivity contribution in [1.29, 1.82) is 0 Å². The topological polar surface area (TPSA) is 89.0 Å². The van der Waals surface area contributed by atoms with E-state index >= 15 is 0 Å². The van der Waals surface area contributed by atoms with Crippen LogP contribution in [0.5, 0.6) is 11.5 Å². The van der Waals surface area contributed by atoms with Crippen molar-refractivity contribution in [1.82, 2.24) is 5.43 Å². The number of hydrogen-bond donors (Lipinski definition) is 2. The Labute approximate surface area is 178 Å². The molecule has 0 aliphatic rings. The molecule has 0 spiro atoms. The molecule has 2 N–H and O–H groups in total. The molecule has 3 rings (SSSR count). The van der Waals surface area contributed by atoms with Gasteiger partial charge in [0.05, 0.1) is 31.7 Å². The number of anilines is 1. The van der Waals surface area contributed by atoms with Crippen molar-refractivity contribution in [2.45, 2.75) is 0 Å². The molecule has 0 aliphatic carbocycles. The summed E-state index contributed by atoms with van der Waals surface area (Å²) in [6.07, 6.45) is 1.21. The average molecular weight is 421 g/mol. The molecule has 0 unspecified atom stereocenters. The van der Waals surface area contributed by atoms with Gasteiger partial charge in [0.15, 0.2) is 11.5 Å². The number of amides is 2. The van der Waals surface area contributed by atoms with E-state index in [1.165, 1.54) is 44.7 Å². The highest BCUT2D eigenvalue weighted by atomic mass is 19.1. The van der Waals surface area contributed by atoms with Crippen LogP contribution < -0.4 is 20.2 Å². The van der Waals surface area contributed by atoms with Gasteiger partial charge in [-0.2, -0.15) is 5.10 Å². The van der Waals surface area contributed by atoms with Crippen LogP contribution in [0.3, 0.4) is 0 Å². The van der Waals surface area contributed by atoms with Gasteiger partial charge in [0.25, 0.3) is 11.8 Å². The third-order valence-electron chi connectivity index (χ3n) is 4.34. The number of methoxy groups -OCH3 is 2. The molecule has 31 heavy (non-hydrogen) atoms. The van der Waals surface area contributed by atoms with Crippen LogP contribution in [0.2, 0.25) is 0 Å². The maximum atomic E-state index is 13.6. The molecular formula is C23H20FN3O4. The number of para-hydroxylation sites is 1. The second-order valence-corrected chi connectivity index (χ2v) is 6.29. The van der Waals surface area contributed by atoms with Gasteiger partial charge in [-0.25, -0.2) is 9.82 Å². The number of halogens is 1. The summed E-state index contributed by atoms with van der Waals surface area (Å²) >= 11 is 0. The van der Waals surface area contributed by atoms with Gasteiger partial charge in [-0.05, 0) is 36.4 Å². The fraction of sp³-hybridized carbons (Fsp3) is 0.0870. The van der Waals surface area contributed by atoms with Crippen molar-refractivity contribution in [2.75, 3.05) is 19.5 Å². The van der Waals surface area contributed by atoms with Gasteiger partial charge in [-0.15, -0.1) is 0 Å². The Kier molecular flexibility index (Phi) is 6.95. The van der Waals surface area contributed by atoms with E-state index < -0.39 is 17.6 Å². The zero-order valence-electron chi connectivity index (χ0n) is 16.9. The van der Waals surface area contributed by atoms with Gasteiger partial charge >= 0.3 is 0 Å². The quantitative estimate of drug-likeness (QED) is 0.448. The van der Waals surface area contributed by atoms with Gasteiger partial charge in [-0.1, -0.05) is 30.3 Å². The van der Waals surface area contributed by atoms with Crippen LogP contribution >= 0.6 is 0 Å². The second kappa shape index (κ2) is 10.0. The Bertz CT molecular complexity index is 1130. The van der Waals surface area contributed by atoms with Crippen LogP contribution in [0.15, 0.2) is 71.8 Å². The molecule has 0 bridgehead atoms. The monoisotopic (exact) mass is 421 g/mol. The van der Waals surface area contributed by atoms with Gasteiger partial charge in [0.1, 0.15) is 5.82 Å². The molecule has 0 atom stereocenters. The molecule has 3 aromatic rings. The fourth-order valence-electron chi connectivity index (χ4n) is 2.76. The van der Waals surface area contributed by atoms with Crippen molar-refractivity contribution >= 4 is 23.7 Å². The first-order chi connectivity index (χ1) is 15.0. The van der Waals surface area contributed by atoms with Crippen molar-refractivity contribution in [3.8, 4) is 11.5 Å². The number of carbonyl (C=O) groups excluding carboxylic acids is 2. The van der Waals surface area contributed by atoms with E-state index in [-0.39, 0.29) is 11.1 Å². The number of hydrogen-bond acceptors (Lipinski definition) is 5. The van der Waals surface area contributed by atoms with Gasteiger partial charge in [-0.3, -0.25) is 9.59 Å². The largest absolute Gasteiger partial charge is 0.493 e. The van der Waals surface area contributed by atoms with Gasteiger partial charge in [0.2, 0.25) is 0 Å². The summed E-state index contributed by atoms with van der Waals surface area (Å²) in [4.78, 5) is 25.2. The molecule has 7 nitrogen and oxygen atoms in total. The molecule has 0 aromatic heterocycles. The number of nitrogens with one attached hydrogen (secondary N) is 2. The highest BCUT2D eigenvalue weighted by Crippen LogP contribution is 2.28. The van der Waals surface area contributed by atoms with Crippen LogP contribution in [0, 0.1) is 5.82 Å². The van der Waals surface area contributed by atoms with Crippen molar-refractivity contribution in [3.63, 3.8) is 0 Å². The Morgan fingerprint density at radius 3 is 2.35 bits per heavy atom. The number of carbonyl (C=O) groups is 2. The standard InChI is InChI=1S/C23H20FN3O4/c1-30-20-12-11-15(13-21(20)31-2)22(28)26-19-10-6-4-8-17(19)23(29)27-25-14-16-7-3-5-9-18(16)24/h3-14H,1-2H3,(H,26,28)(H,27,29). The summed E-state index contributed by atoms with van der Waals surface area (Å²) in [6.45, 7) is 0. The van der Waals surface area contributed by atoms with E-state index in [1.54, 1.807) is 42.5 Å². The number of ether oxygens (including phenoxy) is 2. The fourth-order valence-corrected chi connectivity index (χ4v) is 2.76. The molecule has 158 valence electrons. The van der Waals surface area contributed by atoms with Crippen LogP contribution in [0.4, 0.5) is 10.1 Å². The lowest BCUT2D eigenvalue weighted by Crippen LogP contribution is -2.21. The molecule has 0 aliphatic heterocycles.